The standard InChI is InChI=1S/C12H21F2N3O.C12H20F2N2O2.2C12H21FN2O2.C11H19F2N3O.C11H18F2N2O2.2C11H21FN2O/c1-15-11(18)10-7-12(13,14)8-17(10)9-3-5-16(2)6-4-9;1-15-5-3-9(4-6-15)16-8-12(13,14)7-10(16)11(17)18-2;2*1-14-5-3-10(4-6-14)15-8-9(13)7-11(15)12(16)17-2;1-15-4-2-8(3-5-15)16-7-11(12,13)6-9(16)10(14)17;1-14-4-2-8(3-5-14)15-7-11(12,13)6-9(15)10(16)17;2*1-13-4-2-10(3-5-13)14-7-9(12)6-11(14)8-15/h9-10H,3-8H2,1-2H3,(H,15,18);9-10H,3-8H2,1-2H3;2*9-11H,3-8H2,1-2H3;8-9H,2-7H2,1H3,(H2,14,17);8-9H,2-7H2,1H3,(H,16,17);2*9-11,15H,2-8H2,1H3/t2*10-;9-,11+;9-,11-;2*9-;9-,11+;9-,11-/m11011101/s1. The fourth-order valence-electron chi connectivity index (χ4n) is 23.0. The largest absolute Gasteiger partial charge is 0.480 e. The zero-order chi connectivity index (χ0) is 98.4. The van der Waals surface area contributed by atoms with Crippen molar-refractivity contribution in [1.29, 1.82) is 0 Å². The topological polar surface area (TPSA) is 281 Å². The summed E-state index contributed by atoms with van der Waals surface area (Å²) in [7, 11) is 22.0. The van der Waals surface area contributed by atoms with Crippen molar-refractivity contribution in [2.24, 2.45) is 5.73 Å². The van der Waals surface area contributed by atoms with E-state index in [1.54, 1.807) is 14.7 Å². The number of amides is 2. The monoisotopic (exact) mass is 1940 g/mol. The molecule has 0 saturated carbocycles. The highest BCUT2D eigenvalue weighted by Crippen LogP contribution is 2.42. The molecule has 16 fully saturated rings. The van der Waals surface area contributed by atoms with Crippen molar-refractivity contribution in [3.63, 3.8) is 0 Å². The lowest BCUT2D eigenvalue weighted by Crippen LogP contribution is -2.50. The van der Waals surface area contributed by atoms with Crippen molar-refractivity contribution >= 4 is 35.7 Å². The minimum atomic E-state index is -2.85. The number of likely N-dealkylation sites (N-methyl/N-ethyl adjacent to an activating group) is 1. The fraction of sp³-hybridized carbons (Fsp3) is 0.935. The molecule has 16 aliphatic heterocycles. The molecule has 16 aliphatic rings. The third kappa shape index (κ3) is 33.2. The van der Waals surface area contributed by atoms with E-state index in [1.165, 1.54) is 33.3 Å². The lowest BCUT2D eigenvalue weighted by atomic mass is 10.0. The van der Waals surface area contributed by atoms with Gasteiger partial charge in [-0.25, -0.2) is 52.7 Å². The summed E-state index contributed by atoms with van der Waals surface area (Å²) < 4.78 is 175. The average Bonchev–Trinajstić information content (AvgIpc) is 1.65. The van der Waals surface area contributed by atoms with Gasteiger partial charge in [0.15, 0.2) is 0 Å². The molecule has 12 atom stereocenters. The summed E-state index contributed by atoms with van der Waals surface area (Å²) in [6.45, 7) is 16.2. The second-order valence-electron chi connectivity index (χ2n) is 41.0. The van der Waals surface area contributed by atoms with Gasteiger partial charge in [0.05, 0.1) is 72.8 Å². The lowest BCUT2D eigenvalue weighted by Gasteiger charge is -2.37. The van der Waals surface area contributed by atoms with Crippen molar-refractivity contribution in [2.75, 3.05) is 255 Å². The van der Waals surface area contributed by atoms with Gasteiger partial charge in [0, 0.05) is 132 Å². The molecule has 0 unspecified atom stereocenters. The number of likely N-dealkylation sites (tertiary alicyclic amines) is 16. The third-order valence-electron chi connectivity index (χ3n) is 30.9. The van der Waals surface area contributed by atoms with E-state index in [9.17, 15) is 91.7 Å². The van der Waals surface area contributed by atoms with Gasteiger partial charge in [-0.1, -0.05) is 0 Å². The van der Waals surface area contributed by atoms with Gasteiger partial charge in [-0.15, -0.1) is 0 Å². The van der Waals surface area contributed by atoms with E-state index in [0.29, 0.717) is 76.0 Å². The van der Waals surface area contributed by atoms with E-state index in [2.05, 4.69) is 87.2 Å². The Morgan fingerprint density at radius 3 is 0.761 bits per heavy atom. The summed E-state index contributed by atoms with van der Waals surface area (Å²) >= 11 is 0. The normalized spacial score (nSPS) is 32.7. The molecule has 6 N–H and O–H groups in total. The van der Waals surface area contributed by atoms with E-state index in [0.717, 1.165) is 207 Å². The number of nitrogens with one attached hydrogen (secondary N) is 1. The van der Waals surface area contributed by atoms with Crippen LogP contribution in [0.15, 0.2) is 0 Å². The lowest BCUT2D eigenvalue weighted by molar-refractivity contribution is -0.147. The van der Waals surface area contributed by atoms with Crippen LogP contribution < -0.4 is 11.1 Å². The second-order valence-corrected chi connectivity index (χ2v) is 41.0. The first kappa shape index (κ1) is 113. The Balaban J connectivity index is 0.000000172. The van der Waals surface area contributed by atoms with E-state index in [-0.39, 0.29) is 105 Å². The number of nitrogens with zero attached hydrogens (tertiary/aromatic N) is 16. The van der Waals surface area contributed by atoms with Crippen LogP contribution >= 0.6 is 0 Å². The van der Waals surface area contributed by atoms with Gasteiger partial charge in [0.2, 0.25) is 11.8 Å². The van der Waals surface area contributed by atoms with Gasteiger partial charge in [-0.05, 0) is 277 Å². The first-order chi connectivity index (χ1) is 63.3. The number of aliphatic hydroxyl groups excluding tert-OH is 2. The Bertz CT molecular complexity index is 3320. The van der Waals surface area contributed by atoms with E-state index >= 15 is 0 Å². The number of carboxylic acid groups (broad SMARTS) is 1. The fourth-order valence-corrected chi connectivity index (χ4v) is 23.0. The molecule has 0 radical (unpaired) electrons. The maximum Gasteiger partial charge on any atom is 0.323 e. The van der Waals surface area contributed by atoms with Crippen molar-refractivity contribution in [3.05, 3.63) is 0 Å². The molecular formula is C92H162F12N18O12. The molecular weight excluding hydrogens is 1780 g/mol. The number of ether oxygens (including phenoxy) is 3. The highest BCUT2D eigenvalue weighted by atomic mass is 19.3. The molecule has 0 aliphatic carbocycles. The number of primary amides is 1. The maximum atomic E-state index is 13.5. The number of esters is 3. The highest BCUT2D eigenvalue weighted by molar-refractivity contribution is 5.82. The summed E-state index contributed by atoms with van der Waals surface area (Å²) in [5, 5.41) is 29.9. The Morgan fingerprint density at radius 2 is 0.515 bits per heavy atom. The number of alkyl halides is 12. The molecule has 2 amide bonds. The number of aliphatic hydroxyl groups is 2. The smallest absolute Gasteiger partial charge is 0.323 e. The Kier molecular flexibility index (Phi) is 44.1. The maximum absolute atomic E-state index is 13.5. The Hall–Kier alpha value is -4.74. The third-order valence-corrected chi connectivity index (χ3v) is 30.9. The van der Waals surface area contributed by atoms with Crippen molar-refractivity contribution in [1.82, 2.24) is 83.7 Å². The van der Waals surface area contributed by atoms with Crippen molar-refractivity contribution in [2.45, 2.75) is 299 Å². The van der Waals surface area contributed by atoms with Crippen LogP contribution in [-0.4, -0.2) is 530 Å². The number of carboxylic acids is 1. The molecule has 0 aromatic carbocycles. The first-order valence-electron chi connectivity index (χ1n) is 49.1. The summed E-state index contributed by atoms with van der Waals surface area (Å²) in [6.07, 6.45) is 11.7. The average molecular weight is 1940 g/mol. The van der Waals surface area contributed by atoms with Gasteiger partial charge < -0.3 is 79.8 Å². The minimum Gasteiger partial charge on any atom is -0.480 e. The molecule has 0 spiro atoms. The van der Waals surface area contributed by atoms with Gasteiger partial charge >= 0.3 is 23.9 Å². The molecule has 0 aromatic rings. The molecule has 16 heterocycles. The van der Waals surface area contributed by atoms with Gasteiger partial charge in [0.25, 0.3) is 23.7 Å². The predicted octanol–water partition coefficient (Wildman–Crippen LogP) is 4.95. The molecule has 0 bridgehead atoms. The number of halogens is 12. The summed E-state index contributed by atoms with van der Waals surface area (Å²) in [5.41, 5.74) is 5.22. The van der Waals surface area contributed by atoms with E-state index < -0.39 is 116 Å². The SMILES string of the molecule is CN1CCC(N2CC(F)(F)C[C@@H]2C(=O)O)CC1.CN1CCC(N2CC(F)(F)C[C@@H]2C(N)=O)CC1.CN1CCC(N2C[C@@H](F)C[C@@H]2CO)CC1.CN1CCC(N2C[C@H](F)C[C@@H]2CO)CC1.CNC(=O)[C@H]1CC(F)(F)CN1C1CCN(C)CC1.COC(=O)[C@H]1CC(F)(F)CN1C1CCN(C)CC1.COC(=O)[C@H]1C[C@@H](F)CN1C1CCN(C)CC1.COC(=O)[C@H]1C[C@H](F)CN1C1CCN(C)CC1. The Labute approximate surface area is 787 Å². The molecule has 134 heavy (non-hydrogen) atoms. The number of rotatable bonds is 16. The zero-order valence-corrected chi connectivity index (χ0v) is 81.7. The second kappa shape index (κ2) is 52.3. The quantitative estimate of drug-likeness (QED) is 0.0776. The number of aliphatic carboxylic acids is 1. The van der Waals surface area contributed by atoms with Crippen LogP contribution in [0.2, 0.25) is 0 Å². The van der Waals surface area contributed by atoms with Crippen LogP contribution in [-0.2, 0) is 43.0 Å². The summed E-state index contributed by atoms with van der Waals surface area (Å²) in [6, 6.07) is -2.01. The summed E-state index contributed by atoms with van der Waals surface area (Å²) in [5.74, 6) is -14.3. The van der Waals surface area contributed by atoms with Crippen molar-refractivity contribution < 1.29 is 111 Å². The highest BCUT2D eigenvalue weighted by Gasteiger charge is 2.56. The van der Waals surface area contributed by atoms with Crippen LogP contribution in [0.3, 0.4) is 0 Å². The number of nitrogens with two attached hydrogens (primary N) is 1. The van der Waals surface area contributed by atoms with Crippen LogP contribution in [0.25, 0.3) is 0 Å². The van der Waals surface area contributed by atoms with E-state index in [1.807, 2.05) is 38.0 Å². The first-order valence-corrected chi connectivity index (χ1v) is 49.1. The number of piperidine rings is 8. The molecule has 16 saturated heterocycles. The van der Waals surface area contributed by atoms with Crippen molar-refractivity contribution in [3.8, 4) is 0 Å². The van der Waals surface area contributed by atoms with Crippen LogP contribution in [0.4, 0.5) is 52.7 Å². The zero-order valence-electron chi connectivity index (χ0n) is 81.7. The van der Waals surface area contributed by atoms with Gasteiger partial charge in [0.1, 0.15) is 48.9 Å². The van der Waals surface area contributed by atoms with E-state index in [4.69, 9.17) is 20.3 Å². The number of carbonyl (C=O) groups excluding carboxylic acids is 5. The molecule has 30 nitrogen and oxygen atoms in total. The Morgan fingerprint density at radius 1 is 0.313 bits per heavy atom. The molecule has 0 aromatic heterocycles. The molecule has 776 valence electrons. The minimum absolute atomic E-state index is 0.0133. The summed E-state index contributed by atoms with van der Waals surface area (Å²) in [4.78, 5) is 102. The number of hydrogen-bond donors (Lipinski definition) is 5. The van der Waals surface area contributed by atoms with Crippen LogP contribution in [0.5, 0.6) is 0 Å². The number of hydrogen-bond acceptors (Lipinski definition) is 27. The molecule has 16 rings (SSSR count). The number of methoxy groups -OCH3 is 3. The van der Waals surface area contributed by atoms with Crippen LogP contribution in [0, 0.1) is 0 Å². The van der Waals surface area contributed by atoms with Gasteiger partial charge in [-0.2, -0.15) is 0 Å². The van der Waals surface area contributed by atoms with Gasteiger partial charge in [-0.3, -0.25) is 68.0 Å². The number of carbonyl (C=O) groups is 6. The molecule has 42 heteroatoms. The van der Waals surface area contributed by atoms with Crippen LogP contribution in [0.1, 0.15) is 154 Å². The predicted molar refractivity (Wildman–Crippen MR) is 486 cm³/mol.